The first-order valence-corrected chi connectivity index (χ1v) is 10.2. The van der Waals surface area contributed by atoms with E-state index in [-0.39, 0.29) is 5.82 Å². The topological polar surface area (TPSA) is 57.5 Å². The molecule has 1 aromatic carbocycles. The molecule has 0 bridgehead atoms. The van der Waals surface area contributed by atoms with Gasteiger partial charge in [-0.1, -0.05) is 11.6 Å². The van der Waals surface area contributed by atoms with E-state index in [1.54, 1.807) is 16.8 Å². The molecule has 0 unspecified atom stereocenters. The zero-order valence-electron chi connectivity index (χ0n) is 15.2. The minimum Gasteiger partial charge on any atom is -0.369 e. The highest BCUT2D eigenvalue weighted by Gasteiger charge is 2.17. The lowest BCUT2D eigenvalue weighted by molar-refractivity contribution is 0.589. The predicted octanol–water partition coefficient (Wildman–Crippen LogP) is 4.20. The standard InChI is InChI=1S/C19H18ClFN6S/c1-11-9-27-10-12(6-15(21)19(27)23-11)24-18-17-14(20)7-13(8-16(17)28-25-18)26-4-2-22-3-5-26/h6-10,22H,2-5H2,1H3,(H,24,25). The number of benzene rings is 1. The molecule has 6 nitrogen and oxygen atoms in total. The first-order valence-electron chi connectivity index (χ1n) is 9.05. The Balaban J connectivity index is 1.51. The van der Waals surface area contributed by atoms with Crippen molar-refractivity contribution in [2.75, 3.05) is 36.4 Å². The van der Waals surface area contributed by atoms with Gasteiger partial charge in [0, 0.05) is 50.3 Å². The summed E-state index contributed by atoms with van der Waals surface area (Å²) in [5.41, 5.74) is 2.77. The Labute approximate surface area is 170 Å². The molecule has 0 radical (unpaired) electrons. The molecule has 1 saturated heterocycles. The molecule has 4 heterocycles. The normalized spacial score (nSPS) is 14.9. The fourth-order valence-corrected chi connectivity index (χ4v) is 4.74. The van der Waals surface area contributed by atoms with Crippen molar-refractivity contribution in [2.45, 2.75) is 6.92 Å². The lowest BCUT2D eigenvalue weighted by Gasteiger charge is -2.29. The molecule has 5 rings (SSSR count). The van der Waals surface area contributed by atoms with Crippen LogP contribution in [0.4, 0.5) is 21.6 Å². The summed E-state index contributed by atoms with van der Waals surface area (Å²) in [5.74, 6) is 0.247. The molecule has 9 heteroatoms. The van der Waals surface area contributed by atoms with E-state index >= 15 is 0 Å². The van der Waals surface area contributed by atoms with Gasteiger partial charge in [-0.15, -0.1) is 0 Å². The van der Waals surface area contributed by atoms with Gasteiger partial charge >= 0.3 is 0 Å². The van der Waals surface area contributed by atoms with Gasteiger partial charge in [0.2, 0.25) is 0 Å². The van der Waals surface area contributed by atoms with Crippen LogP contribution < -0.4 is 15.5 Å². The Hall–Kier alpha value is -2.42. The number of imidazole rings is 1. The molecule has 3 aromatic heterocycles. The molecule has 0 aliphatic carbocycles. The van der Waals surface area contributed by atoms with Crippen molar-refractivity contribution in [1.82, 2.24) is 19.1 Å². The lowest BCUT2D eigenvalue weighted by Crippen LogP contribution is -2.43. The molecule has 1 fully saturated rings. The Morgan fingerprint density at radius 1 is 1.21 bits per heavy atom. The number of hydrogen-bond acceptors (Lipinski definition) is 6. The number of rotatable bonds is 3. The van der Waals surface area contributed by atoms with E-state index in [2.05, 4.69) is 31.0 Å². The molecule has 0 saturated carbocycles. The van der Waals surface area contributed by atoms with Gasteiger partial charge in [-0.3, -0.25) is 0 Å². The van der Waals surface area contributed by atoms with Crippen molar-refractivity contribution >= 4 is 56.1 Å². The van der Waals surface area contributed by atoms with Crippen LogP contribution in [0.2, 0.25) is 5.02 Å². The van der Waals surface area contributed by atoms with Gasteiger partial charge in [-0.25, -0.2) is 9.37 Å². The van der Waals surface area contributed by atoms with Crippen molar-refractivity contribution < 1.29 is 4.39 Å². The van der Waals surface area contributed by atoms with E-state index < -0.39 is 0 Å². The Kier molecular flexibility index (Phi) is 4.34. The van der Waals surface area contributed by atoms with E-state index in [0.717, 1.165) is 47.6 Å². The summed E-state index contributed by atoms with van der Waals surface area (Å²) in [6, 6.07) is 5.53. The Morgan fingerprint density at radius 2 is 2.04 bits per heavy atom. The van der Waals surface area contributed by atoms with Crippen molar-refractivity contribution in [2.24, 2.45) is 0 Å². The number of halogens is 2. The second-order valence-electron chi connectivity index (χ2n) is 6.88. The molecule has 0 spiro atoms. The summed E-state index contributed by atoms with van der Waals surface area (Å²) in [5, 5.41) is 8.06. The molecule has 28 heavy (non-hydrogen) atoms. The maximum atomic E-state index is 14.4. The highest BCUT2D eigenvalue weighted by Crippen LogP contribution is 2.38. The fraction of sp³-hybridized carbons (Fsp3) is 0.263. The molecule has 1 aliphatic heterocycles. The van der Waals surface area contributed by atoms with E-state index in [0.29, 0.717) is 22.2 Å². The maximum absolute atomic E-state index is 14.4. The number of aryl methyl sites for hydroxylation is 1. The summed E-state index contributed by atoms with van der Waals surface area (Å²) in [6.07, 6.45) is 3.59. The van der Waals surface area contributed by atoms with Gasteiger partial charge in [0.1, 0.15) is 0 Å². The lowest BCUT2D eigenvalue weighted by atomic mass is 10.2. The number of piperazine rings is 1. The van der Waals surface area contributed by atoms with Gasteiger partial charge in [-0.2, -0.15) is 4.37 Å². The predicted molar refractivity (Wildman–Crippen MR) is 113 cm³/mol. The average Bonchev–Trinajstić information content (AvgIpc) is 3.26. The molecule has 144 valence electrons. The largest absolute Gasteiger partial charge is 0.369 e. The van der Waals surface area contributed by atoms with Crippen LogP contribution in [-0.2, 0) is 0 Å². The van der Waals surface area contributed by atoms with E-state index in [4.69, 9.17) is 11.6 Å². The van der Waals surface area contributed by atoms with Crippen molar-refractivity contribution in [3.8, 4) is 0 Å². The summed E-state index contributed by atoms with van der Waals surface area (Å²) < 4.78 is 21.6. The van der Waals surface area contributed by atoms with Crippen LogP contribution >= 0.6 is 23.1 Å². The smallest absolute Gasteiger partial charge is 0.173 e. The van der Waals surface area contributed by atoms with Gasteiger partial charge in [-0.05, 0) is 30.6 Å². The zero-order valence-corrected chi connectivity index (χ0v) is 16.7. The summed E-state index contributed by atoms with van der Waals surface area (Å²) >= 11 is 8.00. The maximum Gasteiger partial charge on any atom is 0.173 e. The van der Waals surface area contributed by atoms with Crippen LogP contribution in [-0.4, -0.2) is 39.9 Å². The quantitative estimate of drug-likeness (QED) is 0.524. The number of fused-ring (bicyclic) bond motifs is 2. The van der Waals surface area contributed by atoms with E-state index in [9.17, 15) is 4.39 Å². The van der Waals surface area contributed by atoms with Gasteiger partial charge in [0.15, 0.2) is 17.3 Å². The molecule has 1 aliphatic rings. The monoisotopic (exact) mass is 416 g/mol. The molecule has 0 atom stereocenters. The summed E-state index contributed by atoms with van der Waals surface area (Å²) in [4.78, 5) is 6.50. The van der Waals surface area contributed by atoms with Crippen LogP contribution in [0.15, 0.2) is 30.6 Å². The number of nitrogens with one attached hydrogen (secondary N) is 2. The number of anilines is 3. The third-order valence-electron chi connectivity index (χ3n) is 4.88. The fourth-order valence-electron chi connectivity index (χ4n) is 3.59. The minimum atomic E-state index is -0.385. The first-order chi connectivity index (χ1) is 13.6. The zero-order chi connectivity index (χ0) is 19.3. The van der Waals surface area contributed by atoms with Crippen LogP contribution in [0, 0.1) is 12.7 Å². The van der Waals surface area contributed by atoms with Gasteiger partial charge < -0.3 is 19.9 Å². The summed E-state index contributed by atoms with van der Waals surface area (Å²) in [7, 11) is 0. The van der Waals surface area contributed by atoms with Crippen molar-refractivity contribution in [3.63, 3.8) is 0 Å². The molecule has 2 N–H and O–H groups in total. The third-order valence-corrected chi connectivity index (χ3v) is 5.97. The number of nitrogens with zero attached hydrogens (tertiary/aromatic N) is 4. The van der Waals surface area contributed by atoms with Crippen LogP contribution in [0.1, 0.15) is 5.69 Å². The summed E-state index contributed by atoms with van der Waals surface area (Å²) in [6.45, 7) is 5.67. The van der Waals surface area contributed by atoms with Crippen molar-refractivity contribution in [1.29, 1.82) is 0 Å². The van der Waals surface area contributed by atoms with Gasteiger partial charge in [0.25, 0.3) is 0 Å². The molecular weight excluding hydrogens is 399 g/mol. The number of pyridine rings is 1. The highest BCUT2D eigenvalue weighted by molar-refractivity contribution is 7.14. The van der Waals surface area contributed by atoms with Crippen LogP contribution in [0.25, 0.3) is 15.7 Å². The minimum absolute atomic E-state index is 0.310. The second kappa shape index (κ2) is 6.88. The molecule has 0 amide bonds. The van der Waals surface area contributed by atoms with E-state index in [1.165, 1.54) is 17.6 Å². The van der Waals surface area contributed by atoms with Crippen molar-refractivity contribution in [3.05, 3.63) is 47.1 Å². The van der Waals surface area contributed by atoms with Crippen LogP contribution in [0.3, 0.4) is 0 Å². The SMILES string of the molecule is Cc1cn2cc(Nc3nsc4cc(N5CCNCC5)cc(Cl)c34)cc(F)c2n1. The Bertz CT molecular complexity index is 1180. The number of hydrogen-bond donors (Lipinski definition) is 2. The Morgan fingerprint density at radius 3 is 2.86 bits per heavy atom. The average molecular weight is 417 g/mol. The van der Waals surface area contributed by atoms with Crippen LogP contribution in [0.5, 0.6) is 0 Å². The second-order valence-corrected chi connectivity index (χ2v) is 8.10. The molecule has 4 aromatic rings. The van der Waals surface area contributed by atoms with Gasteiger partial charge in [0.05, 0.1) is 26.5 Å². The number of aromatic nitrogens is 3. The van der Waals surface area contributed by atoms with E-state index in [1.807, 2.05) is 13.0 Å². The first kappa shape index (κ1) is 17.7. The third kappa shape index (κ3) is 3.07. The highest BCUT2D eigenvalue weighted by atomic mass is 35.5. The molecular formula is C19H18ClFN6S.